The molecule has 2 rings (SSSR count). The molecule has 2 aromatic rings. The van der Waals surface area contributed by atoms with Gasteiger partial charge >= 0.3 is 0 Å². The zero-order valence-electron chi connectivity index (χ0n) is 9.85. The Hall–Kier alpha value is -1.10. The molecule has 1 aromatic heterocycles. The molecular weight excluding hydrogens is 312 g/mol. The molecule has 0 aliphatic carbocycles. The standard InChI is InChI=1S/C12H9Cl3FN3/c1-2-7-11(15)17-5-18-12(7)19-10-8(13)3-6(16)4-9(10)14/h3-5H,2H2,1H3,(H,17,18,19). The van der Waals surface area contributed by atoms with Crippen LogP contribution in [0.15, 0.2) is 18.5 Å². The van der Waals surface area contributed by atoms with Crippen molar-refractivity contribution >= 4 is 46.3 Å². The van der Waals surface area contributed by atoms with Gasteiger partial charge in [0.25, 0.3) is 0 Å². The van der Waals surface area contributed by atoms with Gasteiger partial charge in [-0.05, 0) is 18.6 Å². The molecule has 3 nitrogen and oxygen atoms in total. The van der Waals surface area contributed by atoms with Crippen molar-refractivity contribution in [1.82, 2.24) is 9.97 Å². The average Bonchev–Trinajstić information content (AvgIpc) is 2.34. The molecule has 0 fully saturated rings. The Morgan fingerprint density at radius 1 is 1.16 bits per heavy atom. The Balaban J connectivity index is 2.45. The van der Waals surface area contributed by atoms with E-state index in [9.17, 15) is 4.39 Å². The first-order valence-corrected chi connectivity index (χ1v) is 6.57. The van der Waals surface area contributed by atoms with Crippen LogP contribution in [0.4, 0.5) is 15.9 Å². The predicted molar refractivity (Wildman–Crippen MR) is 76.1 cm³/mol. The van der Waals surface area contributed by atoms with Gasteiger partial charge in [0.2, 0.25) is 0 Å². The minimum atomic E-state index is -0.503. The predicted octanol–water partition coefficient (Wildman–Crippen LogP) is 4.88. The minimum absolute atomic E-state index is 0.168. The van der Waals surface area contributed by atoms with Crippen LogP contribution in [0.1, 0.15) is 12.5 Å². The van der Waals surface area contributed by atoms with E-state index in [4.69, 9.17) is 34.8 Å². The molecule has 0 saturated heterocycles. The molecule has 0 saturated carbocycles. The summed E-state index contributed by atoms with van der Waals surface area (Å²) < 4.78 is 13.1. The average molecular weight is 321 g/mol. The third kappa shape index (κ3) is 3.08. The fourth-order valence-corrected chi connectivity index (χ4v) is 2.41. The van der Waals surface area contributed by atoms with E-state index in [0.717, 1.165) is 5.56 Å². The molecule has 0 amide bonds. The second-order valence-corrected chi connectivity index (χ2v) is 4.89. The zero-order chi connectivity index (χ0) is 14.0. The van der Waals surface area contributed by atoms with E-state index in [1.165, 1.54) is 18.5 Å². The first-order chi connectivity index (χ1) is 9.02. The number of nitrogens with one attached hydrogen (secondary N) is 1. The van der Waals surface area contributed by atoms with Crippen molar-refractivity contribution < 1.29 is 4.39 Å². The highest BCUT2D eigenvalue weighted by Gasteiger charge is 2.13. The van der Waals surface area contributed by atoms with Crippen molar-refractivity contribution in [3.05, 3.63) is 45.0 Å². The van der Waals surface area contributed by atoms with Gasteiger partial charge in [-0.25, -0.2) is 14.4 Å². The minimum Gasteiger partial charge on any atom is -0.337 e. The lowest BCUT2D eigenvalue weighted by atomic mass is 10.2. The van der Waals surface area contributed by atoms with E-state index in [0.29, 0.717) is 23.1 Å². The summed E-state index contributed by atoms with van der Waals surface area (Å²) in [4.78, 5) is 7.99. The lowest BCUT2D eigenvalue weighted by molar-refractivity contribution is 0.628. The summed E-state index contributed by atoms with van der Waals surface area (Å²) in [5, 5.41) is 3.65. The van der Waals surface area contributed by atoms with E-state index in [1.807, 2.05) is 6.92 Å². The molecule has 7 heteroatoms. The zero-order valence-corrected chi connectivity index (χ0v) is 12.1. The third-order valence-corrected chi connectivity index (χ3v) is 3.42. The van der Waals surface area contributed by atoms with Gasteiger partial charge in [0, 0.05) is 5.56 Å². The van der Waals surface area contributed by atoms with Gasteiger partial charge in [0.15, 0.2) is 0 Å². The Labute approximate surface area is 124 Å². The van der Waals surface area contributed by atoms with Crippen LogP contribution in [0.5, 0.6) is 0 Å². The number of nitrogens with zero attached hydrogens (tertiary/aromatic N) is 2. The Bertz CT molecular complexity index is 596. The summed E-state index contributed by atoms with van der Waals surface area (Å²) in [6, 6.07) is 2.34. The number of rotatable bonds is 3. The second-order valence-electron chi connectivity index (χ2n) is 3.71. The molecule has 100 valence electrons. The monoisotopic (exact) mass is 319 g/mol. The van der Waals surface area contributed by atoms with Gasteiger partial charge in [0.1, 0.15) is 23.1 Å². The third-order valence-electron chi connectivity index (χ3n) is 2.50. The molecule has 0 atom stereocenters. The number of anilines is 2. The van der Waals surface area contributed by atoms with Gasteiger partial charge in [0.05, 0.1) is 15.7 Å². The van der Waals surface area contributed by atoms with E-state index in [-0.39, 0.29) is 10.0 Å². The van der Waals surface area contributed by atoms with Crippen LogP contribution >= 0.6 is 34.8 Å². The normalized spacial score (nSPS) is 10.6. The molecule has 1 aromatic carbocycles. The number of hydrogen-bond acceptors (Lipinski definition) is 3. The number of hydrogen-bond donors (Lipinski definition) is 1. The fraction of sp³-hybridized carbons (Fsp3) is 0.167. The van der Waals surface area contributed by atoms with Crippen molar-refractivity contribution in [2.45, 2.75) is 13.3 Å². The molecule has 0 aliphatic heterocycles. The van der Waals surface area contributed by atoms with Gasteiger partial charge < -0.3 is 5.32 Å². The lowest BCUT2D eigenvalue weighted by Gasteiger charge is -2.13. The largest absolute Gasteiger partial charge is 0.337 e. The summed E-state index contributed by atoms with van der Waals surface area (Å²) in [5.41, 5.74) is 1.12. The fourth-order valence-electron chi connectivity index (χ4n) is 1.59. The molecule has 0 bridgehead atoms. The molecule has 19 heavy (non-hydrogen) atoms. The first kappa shape index (κ1) is 14.3. The first-order valence-electron chi connectivity index (χ1n) is 5.43. The Morgan fingerprint density at radius 3 is 2.37 bits per heavy atom. The van der Waals surface area contributed by atoms with E-state index in [1.54, 1.807) is 0 Å². The second kappa shape index (κ2) is 5.90. The van der Waals surface area contributed by atoms with E-state index < -0.39 is 5.82 Å². The summed E-state index contributed by atoms with van der Waals surface area (Å²) in [6.07, 6.45) is 1.97. The van der Waals surface area contributed by atoms with E-state index >= 15 is 0 Å². The Morgan fingerprint density at radius 2 is 1.79 bits per heavy atom. The maximum Gasteiger partial charge on any atom is 0.138 e. The van der Waals surface area contributed by atoms with Gasteiger partial charge in [-0.2, -0.15) is 0 Å². The van der Waals surface area contributed by atoms with Gasteiger partial charge in [-0.3, -0.25) is 0 Å². The Kier molecular flexibility index (Phi) is 4.45. The highest BCUT2D eigenvalue weighted by atomic mass is 35.5. The maximum atomic E-state index is 13.1. The van der Waals surface area contributed by atoms with Crippen LogP contribution in [0.2, 0.25) is 15.2 Å². The summed E-state index contributed by atoms with van der Waals surface area (Å²) in [5.74, 6) is -0.00473. The molecule has 1 heterocycles. The quantitative estimate of drug-likeness (QED) is 0.819. The summed E-state index contributed by atoms with van der Waals surface area (Å²) >= 11 is 17.9. The summed E-state index contributed by atoms with van der Waals surface area (Å²) in [6.45, 7) is 1.92. The van der Waals surface area contributed by atoms with Crippen molar-refractivity contribution in [3.8, 4) is 0 Å². The highest BCUT2D eigenvalue weighted by molar-refractivity contribution is 6.39. The number of benzene rings is 1. The van der Waals surface area contributed by atoms with Crippen LogP contribution in [0.25, 0.3) is 0 Å². The molecule has 0 radical (unpaired) electrons. The van der Waals surface area contributed by atoms with Crippen molar-refractivity contribution in [2.24, 2.45) is 0 Å². The smallest absolute Gasteiger partial charge is 0.138 e. The van der Waals surface area contributed by atoms with Crippen molar-refractivity contribution in [1.29, 1.82) is 0 Å². The maximum absolute atomic E-state index is 13.1. The van der Waals surface area contributed by atoms with Crippen molar-refractivity contribution in [2.75, 3.05) is 5.32 Å². The molecule has 0 unspecified atom stereocenters. The number of halogens is 4. The molecule has 0 aliphatic rings. The van der Waals surface area contributed by atoms with Gasteiger partial charge in [-0.1, -0.05) is 41.7 Å². The van der Waals surface area contributed by atoms with Crippen LogP contribution in [-0.2, 0) is 6.42 Å². The molecule has 0 spiro atoms. The molecular formula is C12H9Cl3FN3. The van der Waals surface area contributed by atoms with Gasteiger partial charge in [-0.15, -0.1) is 0 Å². The highest BCUT2D eigenvalue weighted by Crippen LogP contribution is 2.34. The summed E-state index contributed by atoms with van der Waals surface area (Å²) in [7, 11) is 0. The van der Waals surface area contributed by atoms with Crippen LogP contribution < -0.4 is 5.32 Å². The lowest BCUT2D eigenvalue weighted by Crippen LogP contribution is -2.02. The molecule has 1 N–H and O–H groups in total. The number of aromatic nitrogens is 2. The van der Waals surface area contributed by atoms with Crippen molar-refractivity contribution in [3.63, 3.8) is 0 Å². The van der Waals surface area contributed by atoms with E-state index in [2.05, 4.69) is 15.3 Å². The van der Waals surface area contributed by atoms with Crippen LogP contribution in [0.3, 0.4) is 0 Å². The van der Waals surface area contributed by atoms with Crippen LogP contribution in [0, 0.1) is 5.82 Å². The topological polar surface area (TPSA) is 37.8 Å². The SMILES string of the molecule is CCc1c(Cl)ncnc1Nc1c(Cl)cc(F)cc1Cl. The van der Waals surface area contributed by atoms with Crippen LogP contribution in [-0.4, -0.2) is 9.97 Å².